The molecule has 1 aliphatic rings. The molecule has 0 spiro atoms. The van der Waals surface area contributed by atoms with Gasteiger partial charge in [-0.05, 0) is 53.4 Å². The van der Waals surface area contributed by atoms with E-state index in [4.69, 9.17) is 4.98 Å². The Hall–Kier alpha value is -2.97. The maximum absolute atomic E-state index is 4.92. The molecule has 2 aromatic heterocycles. The zero-order valence-electron chi connectivity index (χ0n) is 17.7. The van der Waals surface area contributed by atoms with Crippen molar-refractivity contribution in [2.24, 2.45) is 0 Å². The number of benzene rings is 3. The van der Waals surface area contributed by atoms with Gasteiger partial charge in [0.05, 0.1) is 5.69 Å². The summed E-state index contributed by atoms with van der Waals surface area (Å²) in [6.07, 6.45) is 2.05. The molecular formula is C28H23NS. The van der Waals surface area contributed by atoms with E-state index >= 15 is 0 Å². The molecule has 0 saturated heterocycles. The van der Waals surface area contributed by atoms with Gasteiger partial charge in [0.15, 0.2) is 0 Å². The van der Waals surface area contributed by atoms with Gasteiger partial charge in [-0.25, -0.2) is 0 Å². The molecule has 1 nitrogen and oxygen atoms in total. The first kappa shape index (κ1) is 17.9. The van der Waals surface area contributed by atoms with Gasteiger partial charge in [-0.15, -0.1) is 11.3 Å². The molecule has 0 saturated carbocycles. The van der Waals surface area contributed by atoms with Gasteiger partial charge in [0, 0.05) is 37.7 Å². The van der Waals surface area contributed by atoms with Gasteiger partial charge in [-0.1, -0.05) is 67.9 Å². The third-order valence-electron chi connectivity index (χ3n) is 6.65. The van der Waals surface area contributed by atoms with Gasteiger partial charge >= 0.3 is 0 Å². The molecule has 2 heterocycles. The van der Waals surface area contributed by atoms with Crippen molar-refractivity contribution in [3.05, 3.63) is 89.1 Å². The second kappa shape index (κ2) is 6.02. The van der Waals surface area contributed by atoms with Gasteiger partial charge in [-0.2, -0.15) is 0 Å². The molecular weight excluding hydrogens is 382 g/mol. The summed E-state index contributed by atoms with van der Waals surface area (Å²) >= 11 is 1.92. The molecule has 0 aliphatic heterocycles. The molecule has 0 N–H and O–H groups in total. The lowest BCUT2D eigenvalue weighted by Crippen LogP contribution is -2.14. The van der Waals surface area contributed by atoms with Gasteiger partial charge < -0.3 is 0 Å². The molecule has 146 valence electrons. The summed E-state index contributed by atoms with van der Waals surface area (Å²) < 4.78 is 1.37. The maximum atomic E-state index is 4.92. The minimum absolute atomic E-state index is 0.00962. The molecule has 0 fully saturated rings. The predicted octanol–water partition coefficient (Wildman–Crippen LogP) is 8.04. The third kappa shape index (κ3) is 2.31. The van der Waals surface area contributed by atoms with Crippen molar-refractivity contribution in [1.29, 1.82) is 0 Å². The lowest BCUT2D eigenvalue weighted by atomic mass is 9.81. The molecule has 5 aromatic rings. The summed E-state index contributed by atoms with van der Waals surface area (Å²) in [6.45, 7) is 9.06. The minimum Gasteiger partial charge on any atom is -0.256 e. The van der Waals surface area contributed by atoms with Crippen molar-refractivity contribution in [2.75, 3.05) is 0 Å². The standard InChI is InChI=1S/C28H23NS/c1-16-12-17(2)21-15-29-23(14-18(21)13-16)19-9-7-10-22-25(19)27-26(28(22,3)4)20-8-5-6-11-24(20)30-27/h5-15H,1-4H3. The second-order valence-corrected chi connectivity index (χ2v) is 10.1. The highest BCUT2D eigenvalue weighted by molar-refractivity contribution is 7.22. The van der Waals surface area contributed by atoms with Crippen LogP contribution in [0.15, 0.2) is 66.9 Å². The topological polar surface area (TPSA) is 12.9 Å². The molecule has 0 unspecified atom stereocenters. The molecule has 0 atom stereocenters. The van der Waals surface area contributed by atoms with Crippen LogP contribution in [0.3, 0.4) is 0 Å². The van der Waals surface area contributed by atoms with Gasteiger partial charge in [0.1, 0.15) is 0 Å². The van der Waals surface area contributed by atoms with Crippen LogP contribution in [-0.4, -0.2) is 4.98 Å². The van der Waals surface area contributed by atoms with E-state index in [2.05, 4.69) is 88.4 Å². The van der Waals surface area contributed by atoms with Gasteiger partial charge in [-0.3, -0.25) is 4.98 Å². The molecule has 3 aromatic carbocycles. The fourth-order valence-corrected chi connectivity index (χ4v) is 6.72. The Morgan fingerprint density at radius 1 is 0.867 bits per heavy atom. The first-order valence-corrected chi connectivity index (χ1v) is 11.3. The van der Waals surface area contributed by atoms with Crippen LogP contribution in [-0.2, 0) is 5.41 Å². The van der Waals surface area contributed by atoms with E-state index in [0.29, 0.717) is 0 Å². The summed E-state index contributed by atoms with van der Waals surface area (Å²) in [4.78, 5) is 6.34. The number of thiophene rings is 1. The summed E-state index contributed by atoms with van der Waals surface area (Å²) in [5, 5.41) is 3.89. The van der Waals surface area contributed by atoms with Crippen LogP contribution in [0.1, 0.15) is 36.1 Å². The van der Waals surface area contributed by atoms with Crippen LogP contribution in [0.25, 0.3) is 42.6 Å². The van der Waals surface area contributed by atoms with E-state index in [9.17, 15) is 0 Å². The fourth-order valence-electron chi connectivity index (χ4n) is 5.28. The smallest absolute Gasteiger partial charge is 0.0715 e. The van der Waals surface area contributed by atoms with Crippen molar-refractivity contribution in [1.82, 2.24) is 4.98 Å². The number of nitrogens with zero attached hydrogens (tertiary/aromatic N) is 1. The SMILES string of the molecule is Cc1cc(C)c2cnc(-c3cccc4c3-c3sc5ccccc5c3C4(C)C)cc2c1. The van der Waals surface area contributed by atoms with E-state index in [1.54, 1.807) is 0 Å². The summed E-state index contributed by atoms with van der Waals surface area (Å²) in [7, 11) is 0. The summed E-state index contributed by atoms with van der Waals surface area (Å²) in [6, 6.07) is 22.3. The predicted molar refractivity (Wildman–Crippen MR) is 130 cm³/mol. The highest BCUT2D eigenvalue weighted by Crippen LogP contribution is 2.57. The zero-order chi connectivity index (χ0) is 20.6. The molecule has 0 amide bonds. The average molecular weight is 406 g/mol. The number of rotatable bonds is 1. The Morgan fingerprint density at radius 2 is 1.70 bits per heavy atom. The van der Waals surface area contributed by atoms with Crippen molar-refractivity contribution in [2.45, 2.75) is 33.1 Å². The van der Waals surface area contributed by atoms with E-state index < -0.39 is 0 Å². The first-order valence-electron chi connectivity index (χ1n) is 10.5. The zero-order valence-corrected chi connectivity index (χ0v) is 18.5. The van der Waals surface area contributed by atoms with Crippen molar-refractivity contribution in [3.8, 4) is 21.7 Å². The summed E-state index contributed by atoms with van der Waals surface area (Å²) in [5.74, 6) is 0. The minimum atomic E-state index is -0.00962. The Labute approximate surface area is 181 Å². The normalized spacial score (nSPS) is 14.3. The first-order chi connectivity index (χ1) is 14.4. The van der Waals surface area contributed by atoms with E-state index in [1.165, 1.54) is 59.1 Å². The Bertz CT molecular complexity index is 1490. The van der Waals surface area contributed by atoms with Crippen molar-refractivity contribution in [3.63, 3.8) is 0 Å². The lowest BCUT2D eigenvalue weighted by molar-refractivity contribution is 0.667. The van der Waals surface area contributed by atoms with E-state index in [-0.39, 0.29) is 5.41 Å². The van der Waals surface area contributed by atoms with Crippen LogP contribution >= 0.6 is 11.3 Å². The van der Waals surface area contributed by atoms with Gasteiger partial charge in [0.2, 0.25) is 0 Å². The number of hydrogen-bond donors (Lipinski definition) is 0. The van der Waals surface area contributed by atoms with Crippen molar-refractivity contribution < 1.29 is 0 Å². The number of fused-ring (bicyclic) bond motifs is 6. The van der Waals surface area contributed by atoms with Crippen LogP contribution in [0.5, 0.6) is 0 Å². The lowest BCUT2D eigenvalue weighted by Gasteiger charge is -2.22. The van der Waals surface area contributed by atoms with E-state index in [1.807, 2.05) is 17.5 Å². The molecule has 30 heavy (non-hydrogen) atoms. The highest BCUT2D eigenvalue weighted by Gasteiger charge is 2.40. The average Bonchev–Trinajstić information content (AvgIpc) is 3.22. The molecule has 2 heteroatoms. The van der Waals surface area contributed by atoms with Crippen LogP contribution < -0.4 is 0 Å². The Kier molecular flexibility index (Phi) is 3.58. The largest absolute Gasteiger partial charge is 0.256 e. The van der Waals surface area contributed by atoms with E-state index in [0.717, 1.165) is 5.69 Å². The number of hydrogen-bond acceptors (Lipinski definition) is 2. The van der Waals surface area contributed by atoms with Crippen LogP contribution in [0, 0.1) is 13.8 Å². The molecule has 0 bridgehead atoms. The number of aryl methyl sites for hydroxylation is 2. The third-order valence-corrected chi connectivity index (χ3v) is 7.84. The Morgan fingerprint density at radius 3 is 2.57 bits per heavy atom. The quantitative estimate of drug-likeness (QED) is 0.275. The van der Waals surface area contributed by atoms with Crippen LogP contribution in [0.2, 0.25) is 0 Å². The fraction of sp³-hybridized carbons (Fsp3) is 0.179. The number of pyridine rings is 1. The second-order valence-electron chi connectivity index (χ2n) is 9.03. The molecule has 1 aliphatic carbocycles. The molecule has 6 rings (SSSR count). The van der Waals surface area contributed by atoms with Gasteiger partial charge in [0.25, 0.3) is 0 Å². The highest BCUT2D eigenvalue weighted by atomic mass is 32.1. The maximum Gasteiger partial charge on any atom is 0.0715 e. The molecule has 0 radical (unpaired) electrons. The Balaban J connectivity index is 1.67. The number of aromatic nitrogens is 1. The monoisotopic (exact) mass is 405 g/mol. The van der Waals surface area contributed by atoms with Crippen LogP contribution in [0.4, 0.5) is 0 Å². The van der Waals surface area contributed by atoms with Crippen molar-refractivity contribution >= 4 is 32.2 Å². The summed E-state index contributed by atoms with van der Waals surface area (Å²) in [5.41, 5.74) is 9.13.